The largest absolute Gasteiger partial charge is 0.335 e. The van der Waals surface area contributed by atoms with Crippen LogP contribution >= 0.6 is 11.3 Å². The lowest BCUT2D eigenvalue weighted by atomic mass is 10.2. The van der Waals surface area contributed by atoms with E-state index in [0.29, 0.717) is 17.0 Å². The molecule has 1 aliphatic heterocycles. The fraction of sp³-hybridized carbons (Fsp3) is 0.389. The first-order valence-corrected chi connectivity index (χ1v) is 10.9. The molecular formula is C18H19F3N2O3S2. The summed E-state index contributed by atoms with van der Waals surface area (Å²) in [6.07, 6.45) is 0.821. The highest BCUT2D eigenvalue weighted by Gasteiger charge is 2.34. The van der Waals surface area contributed by atoms with Crippen LogP contribution in [0.5, 0.6) is 0 Å². The van der Waals surface area contributed by atoms with E-state index >= 15 is 0 Å². The monoisotopic (exact) mass is 432 g/mol. The molecule has 28 heavy (non-hydrogen) atoms. The lowest BCUT2D eigenvalue weighted by molar-refractivity contribution is 0.0702. The first-order valence-electron chi connectivity index (χ1n) is 8.69. The number of carbonyl (C=O) groups is 1. The average Bonchev–Trinajstić information content (AvgIpc) is 3.06. The Morgan fingerprint density at radius 2 is 1.75 bits per heavy atom. The van der Waals surface area contributed by atoms with E-state index in [9.17, 15) is 26.4 Å². The number of sulfonamides is 1. The van der Waals surface area contributed by atoms with Gasteiger partial charge in [0.2, 0.25) is 10.0 Å². The maximum Gasteiger partial charge on any atom is 0.264 e. The number of piperazine rings is 1. The summed E-state index contributed by atoms with van der Waals surface area (Å²) in [7, 11) is -4.34. The Bertz CT molecular complexity index is 1010. The third-order valence-electron chi connectivity index (χ3n) is 4.76. The zero-order valence-electron chi connectivity index (χ0n) is 15.3. The normalized spacial score (nSPS) is 15.8. The molecule has 1 amide bonds. The zero-order valence-corrected chi connectivity index (χ0v) is 17.0. The number of amides is 1. The second-order valence-corrected chi connectivity index (χ2v) is 9.58. The highest BCUT2D eigenvalue weighted by Crippen LogP contribution is 2.26. The molecule has 0 bridgehead atoms. The molecule has 5 nitrogen and oxygen atoms in total. The number of halogens is 3. The first kappa shape index (κ1) is 20.8. The Morgan fingerprint density at radius 1 is 1.11 bits per heavy atom. The molecule has 10 heteroatoms. The number of benzene rings is 1. The summed E-state index contributed by atoms with van der Waals surface area (Å²) >= 11 is 1.40. The number of nitrogens with zero attached hydrogens (tertiary/aromatic N) is 2. The fourth-order valence-electron chi connectivity index (χ4n) is 3.11. The summed E-state index contributed by atoms with van der Waals surface area (Å²) in [5.41, 5.74) is 1.10. The van der Waals surface area contributed by atoms with Gasteiger partial charge in [0, 0.05) is 31.1 Å². The van der Waals surface area contributed by atoms with Crippen molar-refractivity contribution in [3.05, 3.63) is 51.0 Å². The maximum atomic E-state index is 13.9. The molecule has 0 radical (unpaired) electrons. The molecule has 3 rings (SSSR count). The quantitative estimate of drug-likeness (QED) is 0.698. The van der Waals surface area contributed by atoms with Crippen LogP contribution < -0.4 is 0 Å². The van der Waals surface area contributed by atoms with Crippen LogP contribution in [-0.2, 0) is 16.4 Å². The molecular weight excluding hydrogens is 413 g/mol. The van der Waals surface area contributed by atoms with Crippen molar-refractivity contribution in [2.45, 2.75) is 25.2 Å². The molecule has 1 aromatic heterocycles. The molecule has 0 N–H and O–H groups in total. The van der Waals surface area contributed by atoms with E-state index in [4.69, 9.17) is 0 Å². The second-order valence-electron chi connectivity index (χ2n) is 6.42. The third-order valence-corrected chi connectivity index (χ3v) is 7.75. The van der Waals surface area contributed by atoms with E-state index < -0.39 is 32.4 Å². The van der Waals surface area contributed by atoms with Gasteiger partial charge in [0.25, 0.3) is 5.91 Å². The summed E-state index contributed by atoms with van der Waals surface area (Å²) in [6.45, 7) is 4.09. The molecule has 0 atom stereocenters. The molecule has 1 aliphatic rings. The molecule has 1 fully saturated rings. The molecule has 0 spiro atoms. The predicted octanol–water partition coefficient (Wildman–Crippen LogP) is 3.18. The Balaban J connectivity index is 1.74. The van der Waals surface area contributed by atoms with Crippen molar-refractivity contribution in [1.29, 1.82) is 0 Å². The van der Waals surface area contributed by atoms with Gasteiger partial charge in [-0.2, -0.15) is 4.31 Å². The van der Waals surface area contributed by atoms with E-state index in [1.54, 1.807) is 4.90 Å². The molecule has 1 saturated heterocycles. The first-order chi connectivity index (χ1) is 13.2. The summed E-state index contributed by atoms with van der Waals surface area (Å²) < 4.78 is 66.6. The van der Waals surface area contributed by atoms with Crippen molar-refractivity contribution in [2.75, 3.05) is 26.2 Å². The summed E-state index contributed by atoms with van der Waals surface area (Å²) in [5, 5.41) is 0. The maximum absolute atomic E-state index is 13.9. The van der Waals surface area contributed by atoms with Gasteiger partial charge < -0.3 is 4.90 Å². The molecule has 1 aromatic carbocycles. The van der Waals surface area contributed by atoms with Crippen LogP contribution in [0.25, 0.3) is 0 Å². The number of thiophene rings is 1. The Kier molecular flexibility index (Phi) is 5.83. The summed E-state index contributed by atoms with van der Waals surface area (Å²) in [6, 6.07) is 3.14. The van der Waals surface area contributed by atoms with Gasteiger partial charge in [-0.15, -0.1) is 11.3 Å². The van der Waals surface area contributed by atoms with Gasteiger partial charge in [-0.05, 0) is 37.1 Å². The smallest absolute Gasteiger partial charge is 0.264 e. The number of rotatable bonds is 4. The van der Waals surface area contributed by atoms with Crippen LogP contribution in [0.3, 0.4) is 0 Å². The molecule has 0 aliphatic carbocycles. The number of hydrogen-bond donors (Lipinski definition) is 0. The van der Waals surface area contributed by atoms with Crippen molar-refractivity contribution >= 4 is 27.3 Å². The standard InChI is InChI=1S/C18H19F3N2O3S2/c1-3-12-10-14(27-11(12)2)18(24)22-6-8-23(9-7-22)28(25,26)15-5-4-13(19)16(20)17(15)21/h4-5,10H,3,6-9H2,1-2H3. The minimum atomic E-state index is -4.34. The zero-order chi connectivity index (χ0) is 20.6. The molecule has 0 saturated carbocycles. The van der Waals surface area contributed by atoms with Crippen LogP contribution in [0.4, 0.5) is 13.2 Å². The summed E-state index contributed by atoms with van der Waals surface area (Å²) in [4.78, 5) is 15.0. The lowest BCUT2D eigenvalue weighted by Crippen LogP contribution is -2.50. The topological polar surface area (TPSA) is 57.7 Å². The van der Waals surface area contributed by atoms with Gasteiger partial charge in [0.15, 0.2) is 17.5 Å². The van der Waals surface area contributed by atoms with Crippen LogP contribution in [0.2, 0.25) is 0 Å². The molecule has 2 aromatic rings. The number of carbonyl (C=O) groups excluding carboxylic acids is 1. The van der Waals surface area contributed by atoms with Crippen LogP contribution in [0.15, 0.2) is 23.1 Å². The van der Waals surface area contributed by atoms with Crippen molar-refractivity contribution < 1.29 is 26.4 Å². The van der Waals surface area contributed by atoms with Crippen molar-refractivity contribution in [2.24, 2.45) is 0 Å². The Labute approximate surface area is 165 Å². The SMILES string of the molecule is CCc1cc(C(=O)N2CCN(S(=O)(=O)c3ccc(F)c(F)c3F)CC2)sc1C. The predicted molar refractivity (Wildman–Crippen MR) is 99.4 cm³/mol. The van der Waals surface area contributed by atoms with E-state index in [2.05, 4.69) is 0 Å². The average molecular weight is 432 g/mol. The van der Waals surface area contributed by atoms with E-state index in [1.807, 2.05) is 19.9 Å². The minimum Gasteiger partial charge on any atom is -0.335 e. The van der Waals surface area contributed by atoms with Crippen LogP contribution in [0, 0.1) is 24.4 Å². The highest BCUT2D eigenvalue weighted by atomic mass is 32.2. The highest BCUT2D eigenvalue weighted by molar-refractivity contribution is 7.89. The van der Waals surface area contributed by atoms with Gasteiger partial charge in [-0.1, -0.05) is 6.92 Å². The minimum absolute atomic E-state index is 0.0580. The van der Waals surface area contributed by atoms with Crippen LogP contribution in [0.1, 0.15) is 27.0 Å². The van der Waals surface area contributed by atoms with E-state index in [-0.39, 0.29) is 32.1 Å². The van der Waals surface area contributed by atoms with Gasteiger partial charge in [-0.25, -0.2) is 21.6 Å². The van der Waals surface area contributed by atoms with Crippen LogP contribution in [-0.4, -0.2) is 49.7 Å². The van der Waals surface area contributed by atoms with Crippen molar-refractivity contribution in [1.82, 2.24) is 9.21 Å². The van der Waals surface area contributed by atoms with Gasteiger partial charge in [0.1, 0.15) is 4.90 Å². The van der Waals surface area contributed by atoms with Crippen molar-refractivity contribution in [3.63, 3.8) is 0 Å². The number of hydrogen-bond acceptors (Lipinski definition) is 4. The van der Waals surface area contributed by atoms with Gasteiger partial charge in [0.05, 0.1) is 4.88 Å². The Morgan fingerprint density at radius 3 is 2.32 bits per heavy atom. The molecule has 0 unspecified atom stereocenters. The van der Waals surface area contributed by atoms with Crippen molar-refractivity contribution in [3.8, 4) is 0 Å². The van der Waals surface area contributed by atoms with Gasteiger partial charge in [-0.3, -0.25) is 4.79 Å². The molecule has 2 heterocycles. The van der Waals surface area contributed by atoms with Gasteiger partial charge >= 0.3 is 0 Å². The van der Waals surface area contributed by atoms with E-state index in [1.165, 1.54) is 11.3 Å². The Hall–Kier alpha value is -1.91. The number of aryl methyl sites for hydroxylation is 2. The van der Waals surface area contributed by atoms with E-state index in [0.717, 1.165) is 21.2 Å². The second kappa shape index (κ2) is 7.84. The molecule has 152 valence electrons. The lowest BCUT2D eigenvalue weighted by Gasteiger charge is -2.33. The third kappa shape index (κ3) is 3.68. The fourth-order valence-corrected chi connectivity index (χ4v) is 5.67. The summed E-state index contributed by atoms with van der Waals surface area (Å²) in [5.74, 6) is -5.19.